The summed E-state index contributed by atoms with van der Waals surface area (Å²) in [6.45, 7) is 2.02. The molecule has 0 radical (unpaired) electrons. The number of amides is 1. The summed E-state index contributed by atoms with van der Waals surface area (Å²) in [4.78, 5) is 20.4. The summed E-state index contributed by atoms with van der Waals surface area (Å²) in [6, 6.07) is 16.0. The van der Waals surface area contributed by atoms with Gasteiger partial charge in [0.25, 0.3) is 0 Å². The standard InChI is InChI=1S/C32H33Cl2FN6O3/c1-44-27-15-19(5-6-20(27)16-37-18-21-8-10-28(43)39-21)31-30(34)24(11-12-38-31)23-3-2-4-26(29(23)33)41-32-25(35)9-7-22(40-32)17-36-13-14-42/h2-7,9,11-12,15,21,36-37,42H,8,10,13-14,16-18H2,1H3,(H,39,43)(H,40,41)/t21-/m0/s1. The van der Waals surface area contributed by atoms with Gasteiger partial charge >= 0.3 is 0 Å². The molecule has 2 aromatic carbocycles. The van der Waals surface area contributed by atoms with Gasteiger partial charge in [-0.2, -0.15) is 0 Å². The van der Waals surface area contributed by atoms with Gasteiger partial charge < -0.3 is 31.1 Å². The number of ether oxygens (including phenoxy) is 1. The van der Waals surface area contributed by atoms with Crippen molar-refractivity contribution in [2.75, 3.05) is 32.1 Å². The monoisotopic (exact) mass is 638 g/mol. The van der Waals surface area contributed by atoms with Crippen LogP contribution in [-0.2, 0) is 17.9 Å². The first-order chi connectivity index (χ1) is 21.4. The van der Waals surface area contributed by atoms with Gasteiger partial charge in [0.2, 0.25) is 5.91 Å². The second-order valence-corrected chi connectivity index (χ2v) is 11.1. The van der Waals surface area contributed by atoms with Crippen molar-refractivity contribution < 1.29 is 19.0 Å². The van der Waals surface area contributed by atoms with Gasteiger partial charge in [-0.05, 0) is 36.8 Å². The van der Waals surface area contributed by atoms with Crippen LogP contribution in [0.1, 0.15) is 24.1 Å². The van der Waals surface area contributed by atoms with Crippen LogP contribution < -0.4 is 26.0 Å². The minimum absolute atomic E-state index is 0.00635. The largest absolute Gasteiger partial charge is 0.496 e. The predicted molar refractivity (Wildman–Crippen MR) is 171 cm³/mol. The molecule has 44 heavy (non-hydrogen) atoms. The van der Waals surface area contributed by atoms with Crippen LogP contribution in [0.15, 0.2) is 60.8 Å². The molecule has 0 unspecified atom stereocenters. The van der Waals surface area contributed by atoms with Gasteiger partial charge in [-0.15, -0.1) is 0 Å². The average Bonchev–Trinajstić information content (AvgIpc) is 3.45. The maximum atomic E-state index is 14.7. The topological polar surface area (TPSA) is 120 Å². The molecule has 9 nitrogen and oxygen atoms in total. The zero-order valence-corrected chi connectivity index (χ0v) is 25.6. The zero-order valence-electron chi connectivity index (χ0n) is 24.1. The number of carbonyl (C=O) groups is 1. The minimum atomic E-state index is -0.528. The van der Waals surface area contributed by atoms with E-state index in [2.05, 4.69) is 31.2 Å². The predicted octanol–water partition coefficient (Wildman–Crippen LogP) is 5.46. The Labute approximate surface area is 265 Å². The quantitative estimate of drug-likeness (QED) is 0.123. The van der Waals surface area contributed by atoms with E-state index in [0.29, 0.717) is 76.6 Å². The Bertz CT molecular complexity index is 1640. The number of rotatable bonds is 13. The molecule has 0 saturated carbocycles. The number of carbonyl (C=O) groups excluding carboxylic acids is 1. The number of aromatic nitrogens is 2. The first-order valence-electron chi connectivity index (χ1n) is 14.2. The van der Waals surface area contributed by atoms with Crippen molar-refractivity contribution in [3.8, 4) is 28.1 Å². The van der Waals surface area contributed by atoms with Gasteiger partial charge in [0.05, 0.1) is 40.8 Å². The Morgan fingerprint density at radius 2 is 1.91 bits per heavy atom. The van der Waals surface area contributed by atoms with E-state index in [0.717, 1.165) is 17.5 Å². The van der Waals surface area contributed by atoms with Crippen molar-refractivity contribution in [2.45, 2.75) is 32.0 Å². The van der Waals surface area contributed by atoms with Crippen molar-refractivity contribution in [2.24, 2.45) is 0 Å². The maximum absolute atomic E-state index is 14.7. The van der Waals surface area contributed by atoms with Gasteiger partial charge in [-0.3, -0.25) is 9.78 Å². The Kier molecular flexibility index (Phi) is 10.6. The lowest BCUT2D eigenvalue weighted by Gasteiger charge is -2.16. The second kappa shape index (κ2) is 14.8. The van der Waals surface area contributed by atoms with Crippen LogP contribution in [0.4, 0.5) is 15.9 Å². The average molecular weight is 640 g/mol. The van der Waals surface area contributed by atoms with E-state index < -0.39 is 5.82 Å². The molecule has 1 aliphatic rings. The molecular weight excluding hydrogens is 606 g/mol. The molecule has 1 saturated heterocycles. The molecular formula is C32H33Cl2FN6O3. The Morgan fingerprint density at radius 1 is 1.07 bits per heavy atom. The summed E-state index contributed by atoms with van der Waals surface area (Å²) in [5.74, 6) is 0.277. The smallest absolute Gasteiger partial charge is 0.220 e. The number of nitrogens with one attached hydrogen (secondary N) is 4. The van der Waals surface area contributed by atoms with E-state index in [1.165, 1.54) is 6.07 Å². The number of aliphatic hydroxyl groups is 1. The fourth-order valence-electron chi connectivity index (χ4n) is 5.03. The van der Waals surface area contributed by atoms with Crippen LogP contribution >= 0.6 is 23.2 Å². The molecule has 0 spiro atoms. The Morgan fingerprint density at radius 3 is 2.68 bits per heavy atom. The lowest BCUT2D eigenvalue weighted by molar-refractivity contribution is -0.119. The van der Waals surface area contributed by atoms with Gasteiger partial charge in [0.15, 0.2) is 11.6 Å². The second-order valence-electron chi connectivity index (χ2n) is 10.3. The number of halogens is 3. The number of methoxy groups -OCH3 is 1. The minimum Gasteiger partial charge on any atom is -0.496 e. The highest BCUT2D eigenvalue weighted by Crippen LogP contribution is 2.41. The molecule has 1 fully saturated rings. The third kappa shape index (κ3) is 7.46. The van der Waals surface area contributed by atoms with Crippen molar-refractivity contribution in [3.63, 3.8) is 0 Å². The molecule has 1 aliphatic heterocycles. The van der Waals surface area contributed by atoms with E-state index in [4.69, 9.17) is 33.0 Å². The lowest BCUT2D eigenvalue weighted by Crippen LogP contribution is -2.35. The molecule has 0 aliphatic carbocycles. The number of anilines is 2. The highest BCUT2D eigenvalue weighted by atomic mass is 35.5. The highest BCUT2D eigenvalue weighted by molar-refractivity contribution is 6.39. The van der Waals surface area contributed by atoms with E-state index in [9.17, 15) is 9.18 Å². The fourth-order valence-corrected chi connectivity index (χ4v) is 5.63. The fraction of sp³-hybridized carbons (Fsp3) is 0.281. The van der Waals surface area contributed by atoms with E-state index in [1.807, 2.05) is 24.3 Å². The van der Waals surface area contributed by atoms with Crippen LogP contribution in [-0.4, -0.2) is 53.8 Å². The van der Waals surface area contributed by atoms with Gasteiger partial charge in [0.1, 0.15) is 5.75 Å². The number of nitrogens with zero attached hydrogens (tertiary/aromatic N) is 2. The van der Waals surface area contributed by atoms with Gasteiger partial charge in [-0.1, -0.05) is 47.5 Å². The number of hydrogen-bond acceptors (Lipinski definition) is 8. The van der Waals surface area contributed by atoms with E-state index in [1.54, 1.807) is 37.6 Å². The zero-order chi connectivity index (χ0) is 31.1. The first-order valence-corrected chi connectivity index (χ1v) is 15.0. The SMILES string of the molecule is COc1cc(-c2nccc(-c3cccc(Nc4nc(CNCCO)ccc4F)c3Cl)c2Cl)ccc1CNC[C@@H]1CCC(=O)N1. The van der Waals surface area contributed by atoms with Crippen molar-refractivity contribution >= 4 is 40.6 Å². The molecule has 0 bridgehead atoms. The van der Waals surface area contributed by atoms with Crippen molar-refractivity contribution in [3.05, 3.63) is 87.9 Å². The number of aliphatic hydroxyl groups excluding tert-OH is 1. The lowest BCUT2D eigenvalue weighted by atomic mass is 10.0. The Hall–Kier alpha value is -3.80. The highest BCUT2D eigenvalue weighted by Gasteiger charge is 2.21. The Balaban J connectivity index is 1.36. The maximum Gasteiger partial charge on any atom is 0.220 e. The molecule has 3 heterocycles. The summed E-state index contributed by atoms with van der Waals surface area (Å²) in [5, 5.41) is 22.1. The van der Waals surface area contributed by atoms with Crippen LogP contribution in [0, 0.1) is 5.82 Å². The van der Waals surface area contributed by atoms with E-state index >= 15 is 0 Å². The summed E-state index contributed by atoms with van der Waals surface area (Å²) >= 11 is 13.8. The van der Waals surface area contributed by atoms with E-state index in [-0.39, 0.29) is 24.4 Å². The molecule has 5 rings (SSSR count). The summed E-state index contributed by atoms with van der Waals surface area (Å²) in [6.07, 6.45) is 3.06. The van der Waals surface area contributed by atoms with Crippen LogP contribution in [0.25, 0.3) is 22.4 Å². The molecule has 1 atom stereocenters. The number of hydrogen-bond donors (Lipinski definition) is 5. The molecule has 2 aromatic heterocycles. The first kappa shape index (κ1) is 31.6. The number of benzene rings is 2. The van der Waals surface area contributed by atoms with Gasteiger partial charge in [0, 0.05) is 67.1 Å². The molecule has 230 valence electrons. The normalized spacial score (nSPS) is 14.5. The van der Waals surface area contributed by atoms with Crippen LogP contribution in [0.3, 0.4) is 0 Å². The molecule has 4 aromatic rings. The van der Waals surface area contributed by atoms with Crippen molar-refractivity contribution in [1.82, 2.24) is 25.9 Å². The molecule has 5 N–H and O–H groups in total. The third-order valence-electron chi connectivity index (χ3n) is 7.28. The van der Waals surface area contributed by atoms with Crippen LogP contribution in [0.2, 0.25) is 10.0 Å². The third-order valence-corrected chi connectivity index (χ3v) is 8.07. The summed E-state index contributed by atoms with van der Waals surface area (Å²) in [7, 11) is 1.61. The summed E-state index contributed by atoms with van der Waals surface area (Å²) < 4.78 is 20.3. The van der Waals surface area contributed by atoms with Gasteiger partial charge in [-0.25, -0.2) is 9.37 Å². The summed E-state index contributed by atoms with van der Waals surface area (Å²) in [5.41, 5.74) is 4.65. The van der Waals surface area contributed by atoms with Crippen molar-refractivity contribution in [1.29, 1.82) is 0 Å². The number of pyridine rings is 2. The van der Waals surface area contributed by atoms with Crippen LogP contribution in [0.5, 0.6) is 5.75 Å². The molecule has 1 amide bonds. The molecule has 12 heteroatoms.